The Hall–Kier alpha value is -3.64. The molecule has 0 fully saturated rings. The number of benzene rings is 2. The third kappa shape index (κ3) is 9.03. The molecule has 0 atom stereocenters. The summed E-state index contributed by atoms with van der Waals surface area (Å²) < 4.78 is 8.47. The monoisotopic (exact) mass is 512 g/mol. The molecule has 0 saturated carbocycles. The standard InChI is InChI=1S/C15H18N2O2.C13H14N2O2.Li.H2O/c1-4-19-15(18)14-9-12(3)17(16-14)10-13-7-5-11(2)6-8-13;1-9-3-5-11(6-4-9)8-15-10(2)7-12(14-15)13(16)17;;/h5-9H,4,10H2,1-3H3;3-7H,8H2,1-2H3,(H,16,17);;1H2/q;;+1;/p-1. The van der Waals surface area contributed by atoms with Crippen molar-refractivity contribution in [3.8, 4) is 0 Å². The van der Waals surface area contributed by atoms with Gasteiger partial charge in [-0.05, 0) is 57.9 Å². The Morgan fingerprint density at radius 2 is 1.16 bits per heavy atom. The number of rotatable bonds is 7. The van der Waals surface area contributed by atoms with Crippen LogP contribution in [-0.2, 0) is 17.8 Å². The van der Waals surface area contributed by atoms with Crippen molar-refractivity contribution in [2.75, 3.05) is 6.61 Å². The molecular weight excluding hydrogens is 479 g/mol. The first-order valence-electron chi connectivity index (χ1n) is 11.8. The van der Waals surface area contributed by atoms with Crippen LogP contribution in [0.4, 0.5) is 0 Å². The van der Waals surface area contributed by atoms with Crippen molar-refractivity contribution in [2.45, 2.75) is 47.7 Å². The second-order valence-corrected chi connectivity index (χ2v) is 8.65. The Labute approximate surface area is 234 Å². The van der Waals surface area contributed by atoms with Gasteiger partial charge in [0, 0.05) is 11.4 Å². The van der Waals surface area contributed by atoms with Gasteiger partial charge in [-0.15, -0.1) is 0 Å². The van der Waals surface area contributed by atoms with Crippen LogP contribution in [0.25, 0.3) is 0 Å². The third-order valence-electron chi connectivity index (χ3n) is 5.57. The molecule has 38 heavy (non-hydrogen) atoms. The van der Waals surface area contributed by atoms with E-state index in [1.807, 2.05) is 49.7 Å². The molecule has 0 bridgehead atoms. The molecule has 4 rings (SSSR count). The van der Waals surface area contributed by atoms with Crippen LogP contribution in [0, 0.1) is 27.7 Å². The van der Waals surface area contributed by atoms with Crippen LogP contribution in [0.15, 0.2) is 60.7 Å². The fourth-order valence-corrected chi connectivity index (χ4v) is 3.48. The van der Waals surface area contributed by atoms with Crippen LogP contribution in [0.2, 0.25) is 0 Å². The summed E-state index contributed by atoms with van der Waals surface area (Å²) in [5, 5.41) is 17.2. The number of aromatic nitrogens is 4. The quantitative estimate of drug-likeness (QED) is 0.295. The first-order chi connectivity index (χ1) is 17.2. The van der Waals surface area contributed by atoms with Gasteiger partial charge in [-0.1, -0.05) is 59.7 Å². The maximum Gasteiger partial charge on any atom is 1.00 e. The van der Waals surface area contributed by atoms with Crippen molar-refractivity contribution in [3.63, 3.8) is 0 Å². The number of ether oxygens (including phenoxy) is 1. The van der Waals surface area contributed by atoms with E-state index in [4.69, 9.17) is 9.84 Å². The number of hydrogen-bond donors (Lipinski definition) is 1. The molecule has 2 N–H and O–H groups in total. The molecule has 0 radical (unpaired) electrons. The topological polar surface area (TPSA) is 129 Å². The number of aromatic carboxylic acids is 1. The number of nitrogens with zero attached hydrogens (tertiary/aromatic N) is 4. The Balaban J connectivity index is 0.000000363. The van der Waals surface area contributed by atoms with E-state index in [1.165, 1.54) is 11.1 Å². The van der Waals surface area contributed by atoms with Gasteiger partial charge in [-0.3, -0.25) is 9.36 Å². The summed E-state index contributed by atoms with van der Waals surface area (Å²) in [6, 6.07) is 19.7. The molecule has 2 aromatic carbocycles. The van der Waals surface area contributed by atoms with Gasteiger partial charge in [-0.25, -0.2) is 9.59 Å². The van der Waals surface area contributed by atoms with E-state index in [2.05, 4.69) is 41.4 Å². The number of carbonyl (C=O) groups excluding carboxylic acids is 1. The van der Waals surface area contributed by atoms with E-state index < -0.39 is 5.97 Å². The van der Waals surface area contributed by atoms with E-state index in [0.29, 0.717) is 25.4 Å². The molecule has 0 spiro atoms. The minimum atomic E-state index is -0.990. The van der Waals surface area contributed by atoms with Crippen molar-refractivity contribution >= 4 is 11.9 Å². The maximum absolute atomic E-state index is 11.6. The fraction of sp³-hybridized carbons (Fsp3) is 0.286. The molecular formula is C28H33LiN4O5. The van der Waals surface area contributed by atoms with Crippen molar-refractivity contribution in [3.05, 3.63) is 106 Å². The summed E-state index contributed by atoms with van der Waals surface area (Å²) >= 11 is 0. The second kappa shape index (κ2) is 14.9. The average Bonchev–Trinajstić information content (AvgIpc) is 3.40. The van der Waals surface area contributed by atoms with Gasteiger partial charge in [0.1, 0.15) is 0 Å². The molecule has 0 aliphatic carbocycles. The van der Waals surface area contributed by atoms with E-state index in [-0.39, 0.29) is 36.0 Å². The molecule has 2 aromatic heterocycles. The van der Waals surface area contributed by atoms with Gasteiger partial charge in [0.2, 0.25) is 0 Å². The van der Waals surface area contributed by atoms with Gasteiger partial charge in [0.25, 0.3) is 0 Å². The zero-order chi connectivity index (χ0) is 26.2. The van der Waals surface area contributed by atoms with Crippen molar-refractivity contribution < 1.29 is 43.8 Å². The summed E-state index contributed by atoms with van der Waals surface area (Å²) in [4.78, 5) is 22.4. The molecule has 196 valence electrons. The van der Waals surface area contributed by atoms with Crippen LogP contribution in [0.1, 0.15) is 61.5 Å². The number of carboxylic acid groups (broad SMARTS) is 1. The Morgan fingerprint density at radius 1 is 0.763 bits per heavy atom. The van der Waals surface area contributed by atoms with Gasteiger partial charge < -0.3 is 15.3 Å². The summed E-state index contributed by atoms with van der Waals surface area (Å²) in [7, 11) is 0. The molecule has 0 aliphatic heterocycles. The number of carboxylic acids is 1. The van der Waals surface area contributed by atoms with Crippen LogP contribution in [-0.4, -0.2) is 48.7 Å². The smallest absolute Gasteiger partial charge is 0.870 e. The molecule has 10 heteroatoms. The summed E-state index contributed by atoms with van der Waals surface area (Å²) in [6.45, 7) is 11.3. The number of aryl methyl sites for hydroxylation is 4. The van der Waals surface area contributed by atoms with Gasteiger partial charge in [-0.2, -0.15) is 10.2 Å². The third-order valence-corrected chi connectivity index (χ3v) is 5.57. The van der Waals surface area contributed by atoms with Crippen molar-refractivity contribution in [1.82, 2.24) is 19.6 Å². The molecule has 2 heterocycles. The normalized spacial score (nSPS) is 9.92. The zero-order valence-electron chi connectivity index (χ0n) is 22.8. The Kier molecular flexibility index (Phi) is 12.7. The van der Waals surface area contributed by atoms with E-state index >= 15 is 0 Å². The van der Waals surface area contributed by atoms with Crippen molar-refractivity contribution in [2.24, 2.45) is 0 Å². The van der Waals surface area contributed by atoms with E-state index in [9.17, 15) is 9.59 Å². The Morgan fingerprint density at radius 3 is 1.53 bits per heavy atom. The number of esters is 1. The van der Waals surface area contributed by atoms with Crippen molar-refractivity contribution in [1.29, 1.82) is 0 Å². The molecule has 0 saturated heterocycles. The van der Waals surface area contributed by atoms with E-state index in [1.54, 1.807) is 23.7 Å². The average molecular weight is 513 g/mol. The summed E-state index contributed by atoms with van der Waals surface area (Å²) in [5.74, 6) is -1.36. The van der Waals surface area contributed by atoms with Crippen LogP contribution in [0.3, 0.4) is 0 Å². The van der Waals surface area contributed by atoms with Crippen LogP contribution < -0.4 is 18.9 Å². The van der Waals surface area contributed by atoms with Gasteiger partial charge >= 0.3 is 30.8 Å². The SMILES string of the molecule is CCOC(=O)c1cc(C)n(Cc2ccc(C)cc2)n1.Cc1ccc(Cn2nc(C(=O)O)cc2C)cc1.[Li+].[OH-]. The predicted molar refractivity (Wildman–Crippen MR) is 139 cm³/mol. The first-order valence-corrected chi connectivity index (χ1v) is 11.8. The number of hydrogen-bond acceptors (Lipinski definition) is 6. The van der Waals surface area contributed by atoms with Crippen LogP contribution in [0.5, 0.6) is 0 Å². The Bertz CT molecular complexity index is 1330. The minimum absolute atomic E-state index is 0. The predicted octanol–water partition coefficient (Wildman–Crippen LogP) is 1.80. The largest absolute Gasteiger partial charge is 1.00 e. The van der Waals surface area contributed by atoms with Gasteiger partial charge in [0.05, 0.1) is 19.7 Å². The molecule has 0 aliphatic rings. The maximum atomic E-state index is 11.6. The zero-order valence-corrected chi connectivity index (χ0v) is 22.8. The molecule has 0 unspecified atom stereocenters. The molecule has 4 aromatic rings. The second-order valence-electron chi connectivity index (χ2n) is 8.65. The molecule has 0 amide bonds. The molecule has 9 nitrogen and oxygen atoms in total. The summed E-state index contributed by atoms with van der Waals surface area (Å²) in [6.07, 6.45) is 0. The first kappa shape index (κ1) is 32.4. The van der Waals surface area contributed by atoms with Crippen LogP contribution >= 0.6 is 0 Å². The summed E-state index contributed by atoms with van der Waals surface area (Å²) in [5.41, 5.74) is 6.96. The number of carbonyl (C=O) groups is 2. The van der Waals surface area contributed by atoms with Gasteiger partial charge in [0.15, 0.2) is 11.4 Å². The minimum Gasteiger partial charge on any atom is -0.870 e. The fourth-order valence-electron chi connectivity index (χ4n) is 3.48. The van der Waals surface area contributed by atoms with E-state index in [0.717, 1.165) is 22.5 Å².